The number of azo groups is 1. The number of carbonyl (C=O) groups is 1. The lowest BCUT2D eigenvalue weighted by Crippen LogP contribution is -2.04. The first-order valence-electron chi connectivity index (χ1n) is 7.43. The van der Waals surface area contributed by atoms with Crippen molar-refractivity contribution in [1.82, 2.24) is 9.38 Å². The molecule has 0 fully saturated rings. The number of aryl methyl sites for hydroxylation is 1. The minimum Gasteiger partial charge on any atom is -0.504 e. The molecule has 0 radical (unpaired) electrons. The molecular formula is C17H15ClN4O3. The normalized spacial score (nSPS) is 11.3. The van der Waals surface area contributed by atoms with E-state index in [9.17, 15) is 9.90 Å². The zero-order valence-corrected chi connectivity index (χ0v) is 14.4. The van der Waals surface area contributed by atoms with Gasteiger partial charge in [-0.3, -0.25) is 9.20 Å². The number of hydrogen-bond acceptors (Lipinski definition) is 6. The van der Waals surface area contributed by atoms with Crippen molar-refractivity contribution in [3.05, 3.63) is 52.8 Å². The van der Waals surface area contributed by atoms with E-state index in [0.29, 0.717) is 22.2 Å². The minimum absolute atomic E-state index is 0.0194. The van der Waals surface area contributed by atoms with E-state index in [-0.39, 0.29) is 17.8 Å². The number of halogens is 1. The van der Waals surface area contributed by atoms with Crippen LogP contribution >= 0.6 is 11.6 Å². The van der Waals surface area contributed by atoms with Gasteiger partial charge in [0.1, 0.15) is 0 Å². The second kappa shape index (κ2) is 6.90. The highest BCUT2D eigenvalue weighted by molar-refractivity contribution is 6.30. The van der Waals surface area contributed by atoms with E-state index in [4.69, 9.17) is 16.3 Å². The smallest absolute Gasteiger partial charge is 0.311 e. The van der Waals surface area contributed by atoms with Gasteiger partial charge in [0.05, 0.1) is 24.9 Å². The van der Waals surface area contributed by atoms with Gasteiger partial charge in [-0.2, -0.15) is 0 Å². The van der Waals surface area contributed by atoms with Crippen LogP contribution in [0.4, 0.5) is 11.5 Å². The van der Waals surface area contributed by atoms with Crippen LogP contribution in [0.1, 0.15) is 11.3 Å². The van der Waals surface area contributed by atoms with E-state index < -0.39 is 5.97 Å². The molecule has 1 aromatic carbocycles. The molecule has 0 aliphatic heterocycles. The third kappa shape index (κ3) is 3.46. The zero-order valence-electron chi connectivity index (χ0n) is 13.6. The van der Waals surface area contributed by atoms with E-state index in [1.54, 1.807) is 28.8 Å². The first-order valence-corrected chi connectivity index (χ1v) is 7.81. The van der Waals surface area contributed by atoms with Gasteiger partial charge in [0.15, 0.2) is 17.2 Å². The molecule has 0 aliphatic carbocycles. The van der Waals surface area contributed by atoms with Crippen LogP contribution in [-0.2, 0) is 16.0 Å². The number of rotatable bonds is 4. The summed E-state index contributed by atoms with van der Waals surface area (Å²) in [5.74, 6) is -0.136. The molecule has 0 saturated heterocycles. The quantitative estimate of drug-likeness (QED) is 0.561. The standard InChI is InChI=1S/C17H15ClN4O3/c1-10-5-6-11(18)8-12(10)20-21-16-13(9-15(24)25-2)19-17-14(23)4-3-7-22(16)17/h3-8,23H,9H2,1-2H3. The molecule has 0 saturated carbocycles. The molecule has 7 nitrogen and oxygen atoms in total. The fraction of sp³-hybridized carbons (Fsp3) is 0.176. The molecule has 0 aliphatic rings. The number of ether oxygens (including phenoxy) is 1. The number of aromatic nitrogens is 2. The third-order valence-corrected chi connectivity index (χ3v) is 3.87. The van der Waals surface area contributed by atoms with E-state index in [1.165, 1.54) is 13.2 Å². The van der Waals surface area contributed by atoms with E-state index in [2.05, 4.69) is 15.2 Å². The van der Waals surface area contributed by atoms with Crippen LogP contribution in [0.25, 0.3) is 5.65 Å². The van der Waals surface area contributed by atoms with Crippen LogP contribution in [0.3, 0.4) is 0 Å². The predicted molar refractivity (Wildman–Crippen MR) is 92.9 cm³/mol. The van der Waals surface area contributed by atoms with Gasteiger partial charge in [0.25, 0.3) is 0 Å². The Morgan fingerprint density at radius 3 is 2.92 bits per heavy atom. The number of pyridine rings is 1. The molecule has 0 bridgehead atoms. The van der Waals surface area contributed by atoms with Crippen LogP contribution in [0.5, 0.6) is 5.75 Å². The Bertz CT molecular complexity index is 981. The van der Waals surface area contributed by atoms with Crippen molar-refractivity contribution in [2.24, 2.45) is 10.2 Å². The molecule has 0 unspecified atom stereocenters. The number of imidazole rings is 1. The lowest BCUT2D eigenvalue weighted by atomic mass is 10.2. The van der Waals surface area contributed by atoms with Crippen molar-refractivity contribution in [3.63, 3.8) is 0 Å². The van der Waals surface area contributed by atoms with Crippen molar-refractivity contribution in [3.8, 4) is 5.75 Å². The Kier molecular flexibility index (Phi) is 4.67. The third-order valence-electron chi connectivity index (χ3n) is 3.64. The largest absolute Gasteiger partial charge is 0.504 e. The summed E-state index contributed by atoms with van der Waals surface area (Å²) in [4.78, 5) is 15.9. The average Bonchev–Trinajstić information content (AvgIpc) is 2.94. The molecule has 8 heteroatoms. The molecule has 1 N–H and O–H groups in total. The molecule has 128 valence electrons. The maximum atomic E-state index is 11.6. The molecule has 2 aromatic heterocycles. The van der Waals surface area contributed by atoms with Gasteiger partial charge < -0.3 is 9.84 Å². The van der Waals surface area contributed by atoms with Gasteiger partial charge in [-0.1, -0.05) is 17.7 Å². The summed E-state index contributed by atoms with van der Waals surface area (Å²) < 4.78 is 6.26. The fourth-order valence-corrected chi connectivity index (χ4v) is 2.48. The van der Waals surface area contributed by atoms with Crippen molar-refractivity contribution >= 4 is 34.7 Å². The summed E-state index contributed by atoms with van der Waals surface area (Å²) in [5, 5.41) is 19.0. The van der Waals surface area contributed by atoms with Gasteiger partial charge in [-0.05, 0) is 36.8 Å². The number of aromatic hydroxyl groups is 1. The number of methoxy groups -OCH3 is 1. The number of carbonyl (C=O) groups excluding carboxylic acids is 1. The fourth-order valence-electron chi connectivity index (χ4n) is 2.31. The Morgan fingerprint density at radius 2 is 2.16 bits per heavy atom. The van der Waals surface area contributed by atoms with Crippen LogP contribution in [-0.4, -0.2) is 27.6 Å². The molecule has 0 amide bonds. The van der Waals surface area contributed by atoms with Gasteiger partial charge in [0, 0.05) is 11.2 Å². The Labute approximate surface area is 148 Å². The summed E-state index contributed by atoms with van der Waals surface area (Å²) in [5.41, 5.74) is 2.15. The minimum atomic E-state index is -0.460. The number of esters is 1. The van der Waals surface area contributed by atoms with Crippen LogP contribution in [0.15, 0.2) is 46.8 Å². The topological polar surface area (TPSA) is 88.5 Å². The van der Waals surface area contributed by atoms with E-state index in [0.717, 1.165) is 5.56 Å². The first kappa shape index (κ1) is 16.9. The monoisotopic (exact) mass is 358 g/mol. The summed E-state index contributed by atoms with van der Waals surface area (Å²) in [7, 11) is 1.30. The highest BCUT2D eigenvalue weighted by Gasteiger charge is 2.17. The number of fused-ring (bicyclic) bond motifs is 1. The molecule has 2 heterocycles. The van der Waals surface area contributed by atoms with Crippen LogP contribution in [0.2, 0.25) is 5.02 Å². The molecule has 25 heavy (non-hydrogen) atoms. The summed E-state index contributed by atoms with van der Waals surface area (Å²) in [6.45, 7) is 1.89. The van der Waals surface area contributed by atoms with E-state index in [1.807, 2.05) is 13.0 Å². The van der Waals surface area contributed by atoms with Crippen molar-refractivity contribution in [2.75, 3.05) is 7.11 Å². The second-order valence-corrected chi connectivity index (χ2v) is 5.79. The first-order chi connectivity index (χ1) is 12.0. The summed E-state index contributed by atoms with van der Waals surface area (Å²) in [6.07, 6.45) is 1.60. The number of nitrogens with zero attached hydrogens (tertiary/aromatic N) is 4. The molecule has 0 atom stereocenters. The second-order valence-electron chi connectivity index (χ2n) is 5.35. The predicted octanol–water partition coefficient (Wildman–Crippen LogP) is 4.13. The average molecular weight is 359 g/mol. The van der Waals surface area contributed by atoms with Crippen molar-refractivity contribution in [1.29, 1.82) is 0 Å². The van der Waals surface area contributed by atoms with E-state index >= 15 is 0 Å². The molecule has 0 spiro atoms. The van der Waals surface area contributed by atoms with Gasteiger partial charge >= 0.3 is 5.97 Å². The molecule has 3 aromatic rings. The Balaban J connectivity index is 2.11. The summed E-state index contributed by atoms with van der Waals surface area (Å²) in [6, 6.07) is 8.46. The highest BCUT2D eigenvalue weighted by Crippen LogP contribution is 2.30. The maximum absolute atomic E-state index is 11.6. The Morgan fingerprint density at radius 1 is 1.36 bits per heavy atom. The van der Waals surface area contributed by atoms with Crippen molar-refractivity contribution in [2.45, 2.75) is 13.3 Å². The SMILES string of the molecule is COC(=O)Cc1nc2c(O)cccn2c1N=Nc1cc(Cl)ccc1C. The van der Waals surface area contributed by atoms with Gasteiger partial charge in [-0.25, -0.2) is 4.98 Å². The molecule has 3 rings (SSSR count). The van der Waals surface area contributed by atoms with Gasteiger partial charge in [0.2, 0.25) is 0 Å². The summed E-state index contributed by atoms with van der Waals surface area (Å²) >= 11 is 6.00. The van der Waals surface area contributed by atoms with Gasteiger partial charge in [-0.15, -0.1) is 10.2 Å². The number of hydrogen-bond donors (Lipinski definition) is 1. The lowest BCUT2D eigenvalue weighted by molar-refractivity contribution is -0.139. The molecular weight excluding hydrogens is 344 g/mol. The zero-order chi connectivity index (χ0) is 18.0. The van der Waals surface area contributed by atoms with Crippen molar-refractivity contribution < 1.29 is 14.6 Å². The Hall–Kier alpha value is -2.93. The highest BCUT2D eigenvalue weighted by atomic mass is 35.5. The van der Waals surface area contributed by atoms with Crippen LogP contribution in [0, 0.1) is 6.92 Å². The lowest BCUT2D eigenvalue weighted by Gasteiger charge is -2.01. The van der Waals surface area contributed by atoms with Crippen LogP contribution < -0.4 is 0 Å². The number of benzene rings is 1. The maximum Gasteiger partial charge on any atom is 0.311 e.